The van der Waals surface area contributed by atoms with Crippen molar-refractivity contribution in [3.8, 4) is 0 Å². The molecule has 1 fully saturated rings. The maximum absolute atomic E-state index is 10.7. The summed E-state index contributed by atoms with van der Waals surface area (Å²) in [7, 11) is -0.0697. The van der Waals surface area contributed by atoms with E-state index in [2.05, 4.69) is 11.7 Å². The minimum Gasteiger partial charge on any atom is -0.385 e. The van der Waals surface area contributed by atoms with Crippen LogP contribution in [0.15, 0.2) is 0 Å². The highest BCUT2D eigenvalue weighted by molar-refractivity contribution is 8.97. The molecular weight excluding hydrogens is 334 g/mol. The van der Waals surface area contributed by atoms with Gasteiger partial charge in [-0.2, -0.15) is 0 Å². The van der Waals surface area contributed by atoms with E-state index in [0.717, 1.165) is 12.8 Å². The molecule has 8 heteroatoms. The molecule has 1 saturated heterocycles. The van der Waals surface area contributed by atoms with Crippen LogP contribution in [0.3, 0.4) is 0 Å². The van der Waals surface area contributed by atoms with E-state index in [1.165, 1.54) is 10.4 Å². The van der Waals surface area contributed by atoms with Crippen molar-refractivity contribution in [1.82, 2.24) is 0 Å². The Balaban J connectivity index is 3.21. The van der Waals surface area contributed by atoms with E-state index >= 15 is 0 Å². The van der Waals surface area contributed by atoms with Crippen molar-refractivity contribution < 1.29 is 20.4 Å². The van der Waals surface area contributed by atoms with Crippen LogP contribution in [0.1, 0.15) is 40.5 Å². The normalized spacial score (nSPS) is 45.1. The van der Waals surface area contributed by atoms with Crippen LogP contribution in [-0.4, -0.2) is 55.1 Å². The molecule has 0 bridgehead atoms. The lowest BCUT2D eigenvalue weighted by Gasteiger charge is -2.56. The quantitative estimate of drug-likeness (QED) is 0.296. The molecule has 0 aromatic carbocycles. The summed E-state index contributed by atoms with van der Waals surface area (Å²) in [5.41, 5.74) is 0.136. The third-order valence-corrected chi connectivity index (χ3v) is 18.1. The Kier molecular flexibility index (Phi) is 7.57. The van der Waals surface area contributed by atoms with Crippen LogP contribution in [0.25, 0.3) is 0 Å². The van der Waals surface area contributed by atoms with Crippen molar-refractivity contribution in [3.63, 3.8) is 0 Å². The summed E-state index contributed by atoms with van der Waals surface area (Å²) < 4.78 is 0. The zero-order valence-corrected chi connectivity index (χ0v) is 15.9. The molecule has 6 unspecified atom stereocenters. The van der Waals surface area contributed by atoms with Gasteiger partial charge in [-0.05, 0) is 32.1 Å². The predicted octanol–water partition coefficient (Wildman–Crippen LogP) is 2.86. The Morgan fingerprint density at radius 3 is 1.80 bits per heavy atom. The molecule has 1 heterocycles. The van der Waals surface area contributed by atoms with Crippen LogP contribution in [-0.2, 0) is 0 Å². The SMILES string of the molecule is CCC(C)P1C(O)C(O)[P](SS)(C(C)CC)C(O)C1O. The number of aliphatic hydroxyl groups excluding tert-OH is 4. The van der Waals surface area contributed by atoms with Crippen molar-refractivity contribution in [3.05, 3.63) is 0 Å². The van der Waals surface area contributed by atoms with Gasteiger partial charge in [0.1, 0.15) is 23.4 Å². The van der Waals surface area contributed by atoms with Gasteiger partial charge in [0, 0.05) is 6.46 Å². The van der Waals surface area contributed by atoms with Gasteiger partial charge >= 0.3 is 0 Å². The lowest BCUT2D eigenvalue weighted by Crippen LogP contribution is -2.48. The Morgan fingerprint density at radius 2 is 1.50 bits per heavy atom. The van der Waals surface area contributed by atoms with Crippen LogP contribution in [0.5, 0.6) is 0 Å². The minimum absolute atomic E-state index is 0.0355. The van der Waals surface area contributed by atoms with Gasteiger partial charge in [0.05, 0.1) is 0 Å². The molecule has 6 atom stereocenters. The second-order valence-corrected chi connectivity index (χ2v) is 15.8. The fourth-order valence-electron chi connectivity index (χ4n) is 2.75. The van der Waals surface area contributed by atoms with Crippen molar-refractivity contribution >= 4 is 36.5 Å². The largest absolute Gasteiger partial charge is 0.385 e. The standard InChI is InChI=1S/C12H27O4P2S2/c1-5-7(3)17-9(13)11(15)18(20-19,8(4)6-2)12(16)10(17)14/h7-16,19H,5-6H2,1-4H3. The minimum atomic E-state index is -2.44. The summed E-state index contributed by atoms with van der Waals surface area (Å²) in [6.45, 7) is 5.46. The topological polar surface area (TPSA) is 80.9 Å². The first kappa shape index (κ1) is 19.4. The average molecular weight is 361 g/mol. The Morgan fingerprint density at radius 1 is 1.05 bits per heavy atom. The van der Waals surface area contributed by atoms with Gasteiger partial charge < -0.3 is 20.4 Å². The highest BCUT2D eigenvalue weighted by Gasteiger charge is 2.59. The van der Waals surface area contributed by atoms with E-state index in [1.54, 1.807) is 0 Å². The first-order chi connectivity index (χ1) is 9.29. The summed E-state index contributed by atoms with van der Waals surface area (Å²) >= 11 is 4.28. The summed E-state index contributed by atoms with van der Waals surface area (Å²) in [4.78, 5) is 0. The van der Waals surface area contributed by atoms with E-state index in [9.17, 15) is 20.4 Å². The molecule has 0 amide bonds. The zero-order chi connectivity index (χ0) is 15.7. The first-order valence-electron chi connectivity index (χ1n) is 7.00. The molecule has 1 rings (SSSR count). The molecule has 0 aromatic rings. The lowest BCUT2D eigenvalue weighted by atomic mass is 10.4. The summed E-state index contributed by atoms with van der Waals surface area (Å²) in [6, 6.07) is 0. The van der Waals surface area contributed by atoms with Gasteiger partial charge in [-0.25, -0.2) is 0 Å². The number of hydrogen-bond donors (Lipinski definition) is 5. The summed E-state index contributed by atoms with van der Waals surface area (Å²) in [5, 5.41) is 42.4. The molecule has 1 radical (unpaired) electrons. The summed E-state index contributed by atoms with van der Waals surface area (Å²) in [5.74, 6) is -3.84. The fraction of sp³-hybridized carbons (Fsp3) is 1.00. The molecule has 20 heavy (non-hydrogen) atoms. The van der Waals surface area contributed by atoms with E-state index < -0.39 is 37.8 Å². The second kappa shape index (κ2) is 7.79. The van der Waals surface area contributed by atoms with Crippen molar-refractivity contribution in [2.24, 2.45) is 0 Å². The third-order valence-electron chi connectivity index (χ3n) is 4.49. The van der Waals surface area contributed by atoms with Crippen LogP contribution >= 0.6 is 36.5 Å². The zero-order valence-electron chi connectivity index (χ0n) is 12.4. The van der Waals surface area contributed by atoms with Crippen LogP contribution in [0, 0.1) is 0 Å². The lowest BCUT2D eigenvalue weighted by molar-refractivity contribution is 0.0749. The first-order valence-corrected chi connectivity index (χ1v) is 13.0. The maximum Gasteiger partial charge on any atom is 0.112 e. The summed E-state index contributed by atoms with van der Waals surface area (Å²) in [6.07, 6.45) is 1.58. The molecule has 0 aliphatic carbocycles. The average Bonchev–Trinajstić information content (AvgIpc) is 2.45. The van der Waals surface area contributed by atoms with Crippen molar-refractivity contribution in [2.45, 2.75) is 75.2 Å². The molecule has 121 valence electrons. The molecule has 0 aromatic heterocycles. The molecule has 0 saturated carbocycles. The van der Waals surface area contributed by atoms with E-state index in [4.69, 9.17) is 0 Å². The van der Waals surface area contributed by atoms with E-state index in [0.29, 0.717) is 0 Å². The molecule has 1 aliphatic rings. The maximum atomic E-state index is 10.7. The molecule has 4 nitrogen and oxygen atoms in total. The Labute approximate surface area is 132 Å². The second-order valence-electron chi connectivity index (χ2n) is 5.46. The highest BCUT2D eigenvalue weighted by atomic mass is 33.3. The number of rotatable bonds is 5. The number of thiol groups is 1. The van der Waals surface area contributed by atoms with Gasteiger partial charge in [0.2, 0.25) is 0 Å². The molecule has 4 N–H and O–H groups in total. The Hall–Kier alpha value is 1.40. The highest BCUT2D eigenvalue weighted by Crippen LogP contribution is 2.86. The fourth-order valence-corrected chi connectivity index (χ4v) is 16.4. The van der Waals surface area contributed by atoms with E-state index in [1.807, 2.05) is 27.7 Å². The molecular formula is C12H27O4P2S2. The van der Waals surface area contributed by atoms with Crippen LogP contribution in [0.2, 0.25) is 0 Å². The van der Waals surface area contributed by atoms with Crippen molar-refractivity contribution in [2.75, 3.05) is 0 Å². The third kappa shape index (κ3) is 3.05. The predicted molar refractivity (Wildman–Crippen MR) is 94.0 cm³/mol. The van der Waals surface area contributed by atoms with Gasteiger partial charge in [-0.3, -0.25) is 0 Å². The van der Waals surface area contributed by atoms with Gasteiger partial charge in [0.15, 0.2) is 0 Å². The molecule has 1 aliphatic heterocycles. The molecule has 0 spiro atoms. The van der Waals surface area contributed by atoms with Gasteiger partial charge in [0.25, 0.3) is 0 Å². The van der Waals surface area contributed by atoms with Gasteiger partial charge in [-0.15, -0.1) is 11.7 Å². The van der Waals surface area contributed by atoms with Crippen molar-refractivity contribution in [1.29, 1.82) is 0 Å². The number of aliphatic hydroxyl groups is 4. The Bertz CT molecular complexity index is 308. The number of hydrogen-bond acceptors (Lipinski definition) is 6. The smallest absolute Gasteiger partial charge is 0.112 e. The van der Waals surface area contributed by atoms with E-state index in [-0.39, 0.29) is 11.3 Å². The monoisotopic (exact) mass is 361 g/mol. The van der Waals surface area contributed by atoms with Crippen LogP contribution in [0.4, 0.5) is 0 Å². The van der Waals surface area contributed by atoms with Gasteiger partial charge in [-0.1, -0.05) is 38.1 Å². The van der Waals surface area contributed by atoms with Crippen LogP contribution < -0.4 is 0 Å².